The highest BCUT2D eigenvalue weighted by molar-refractivity contribution is 9.10. The summed E-state index contributed by atoms with van der Waals surface area (Å²) in [7, 11) is 0. The van der Waals surface area contributed by atoms with E-state index in [0.717, 1.165) is 41.7 Å². The van der Waals surface area contributed by atoms with Gasteiger partial charge in [0, 0.05) is 34.4 Å². The Hall–Kier alpha value is -2.14. The molecule has 24 heavy (non-hydrogen) atoms. The van der Waals surface area contributed by atoms with Crippen molar-refractivity contribution in [3.8, 4) is 0 Å². The van der Waals surface area contributed by atoms with Gasteiger partial charge in [-0.25, -0.2) is 0 Å². The standard InChI is InChI=1S/C19H19BrN2O2/c1-13-11-16(20)7-8-17(13)21-18(23)14-5-4-6-15(12-14)19(24)22-9-2-3-10-22/h4-8,11-12H,2-3,9-10H2,1H3,(H,21,23). The number of aryl methyl sites for hydroxylation is 1. The molecule has 1 aliphatic rings. The summed E-state index contributed by atoms with van der Waals surface area (Å²) < 4.78 is 0.969. The Labute approximate surface area is 150 Å². The summed E-state index contributed by atoms with van der Waals surface area (Å²) in [6.07, 6.45) is 2.10. The molecule has 1 aliphatic heterocycles. The Balaban J connectivity index is 1.77. The van der Waals surface area contributed by atoms with Crippen LogP contribution in [0.1, 0.15) is 39.1 Å². The number of amides is 2. The normalized spacial score (nSPS) is 13.8. The van der Waals surface area contributed by atoms with Crippen LogP contribution in [0, 0.1) is 6.92 Å². The molecule has 1 fully saturated rings. The quantitative estimate of drug-likeness (QED) is 0.856. The molecule has 1 saturated heterocycles. The van der Waals surface area contributed by atoms with E-state index in [1.807, 2.05) is 30.0 Å². The maximum absolute atomic E-state index is 12.5. The second-order valence-electron chi connectivity index (χ2n) is 5.99. The predicted octanol–water partition coefficient (Wildman–Crippen LogP) is 4.25. The van der Waals surface area contributed by atoms with E-state index in [2.05, 4.69) is 21.2 Å². The number of halogens is 1. The number of benzene rings is 2. The molecule has 0 bridgehead atoms. The van der Waals surface area contributed by atoms with Crippen molar-refractivity contribution in [3.05, 3.63) is 63.6 Å². The molecule has 4 nitrogen and oxygen atoms in total. The fourth-order valence-electron chi connectivity index (χ4n) is 2.86. The van der Waals surface area contributed by atoms with Crippen molar-refractivity contribution < 1.29 is 9.59 Å². The summed E-state index contributed by atoms with van der Waals surface area (Å²) in [4.78, 5) is 26.8. The van der Waals surface area contributed by atoms with Gasteiger partial charge in [-0.15, -0.1) is 0 Å². The zero-order valence-electron chi connectivity index (χ0n) is 13.5. The van der Waals surface area contributed by atoms with Crippen LogP contribution in [-0.4, -0.2) is 29.8 Å². The maximum Gasteiger partial charge on any atom is 0.255 e. The predicted molar refractivity (Wildman–Crippen MR) is 98.4 cm³/mol. The Morgan fingerprint density at radius 2 is 1.75 bits per heavy atom. The number of carbonyl (C=O) groups is 2. The van der Waals surface area contributed by atoms with E-state index in [-0.39, 0.29) is 11.8 Å². The highest BCUT2D eigenvalue weighted by atomic mass is 79.9. The molecule has 0 aromatic heterocycles. The second kappa shape index (κ2) is 7.18. The molecule has 3 rings (SSSR count). The molecular weight excluding hydrogens is 368 g/mol. The molecule has 0 aliphatic carbocycles. The first-order chi connectivity index (χ1) is 11.5. The molecule has 0 saturated carbocycles. The van der Waals surface area contributed by atoms with E-state index >= 15 is 0 Å². The van der Waals surface area contributed by atoms with Gasteiger partial charge in [-0.3, -0.25) is 9.59 Å². The lowest BCUT2D eigenvalue weighted by atomic mass is 10.1. The van der Waals surface area contributed by atoms with Crippen LogP contribution in [0.2, 0.25) is 0 Å². The van der Waals surface area contributed by atoms with Gasteiger partial charge in [-0.05, 0) is 61.7 Å². The van der Waals surface area contributed by atoms with Crippen molar-refractivity contribution >= 4 is 33.4 Å². The summed E-state index contributed by atoms with van der Waals surface area (Å²) >= 11 is 3.41. The maximum atomic E-state index is 12.5. The van der Waals surface area contributed by atoms with E-state index in [1.54, 1.807) is 24.3 Å². The molecular formula is C19H19BrN2O2. The number of nitrogens with one attached hydrogen (secondary N) is 1. The SMILES string of the molecule is Cc1cc(Br)ccc1NC(=O)c1cccc(C(=O)N2CCCC2)c1. The summed E-state index contributed by atoms with van der Waals surface area (Å²) in [5.41, 5.74) is 2.79. The van der Waals surface area contributed by atoms with Gasteiger partial charge in [0.05, 0.1) is 0 Å². The van der Waals surface area contributed by atoms with Crippen molar-refractivity contribution in [1.29, 1.82) is 0 Å². The average Bonchev–Trinajstić information content (AvgIpc) is 3.11. The lowest BCUT2D eigenvalue weighted by molar-refractivity contribution is 0.0793. The van der Waals surface area contributed by atoms with E-state index in [1.165, 1.54) is 0 Å². The van der Waals surface area contributed by atoms with Crippen LogP contribution in [0.25, 0.3) is 0 Å². The van der Waals surface area contributed by atoms with Gasteiger partial charge >= 0.3 is 0 Å². The minimum atomic E-state index is -0.212. The Morgan fingerprint density at radius 1 is 1.04 bits per heavy atom. The third-order valence-corrected chi connectivity index (χ3v) is 4.69. The smallest absolute Gasteiger partial charge is 0.255 e. The molecule has 5 heteroatoms. The van der Waals surface area contributed by atoms with Crippen molar-refractivity contribution in [2.75, 3.05) is 18.4 Å². The third kappa shape index (κ3) is 3.67. The van der Waals surface area contributed by atoms with Crippen LogP contribution in [0.3, 0.4) is 0 Å². The van der Waals surface area contributed by atoms with E-state index < -0.39 is 0 Å². The minimum Gasteiger partial charge on any atom is -0.339 e. The van der Waals surface area contributed by atoms with Crippen molar-refractivity contribution in [3.63, 3.8) is 0 Å². The molecule has 0 atom stereocenters. The van der Waals surface area contributed by atoms with Gasteiger partial charge in [0.25, 0.3) is 11.8 Å². The van der Waals surface area contributed by atoms with Crippen LogP contribution < -0.4 is 5.32 Å². The van der Waals surface area contributed by atoms with Gasteiger partial charge in [0.2, 0.25) is 0 Å². The summed E-state index contributed by atoms with van der Waals surface area (Å²) in [6, 6.07) is 12.6. The molecule has 124 valence electrons. The highest BCUT2D eigenvalue weighted by Crippen LogP contribution is 2.21. The molecule has 2 amide bonds. The topological polar surface area (TPSA) is 49.4 Å². The summed E-state index contributed by atoms with van der Waals surface area (Å²) in [5, 5.41) is 2.90. The first-order valence-electron chi connectivity index (χ1n) is 8.01. The zero-order chi connectivity index (χ0) is 17.1. The van der Waals surface area contributed by atoms with E-state index in [0.29, 0.717) is 11.1 Å². The third-order valence-electron chi connectivity index (χ3n) is 4.20. The first-order valence-corrected chi connectivity index (χ1v) is 8.81. The fraction of sp³-hybridized carbons (Fsp3) is 0.263. The van der Waals surface area contributed by atoms with Gasteiger partial charge in [-0.1, -0.05) is 22.0 Å². The Morgan fingerprint density at radius 3 is 2.46 bits per heavy atom. The molecule has 1 N–H and O–H groups in total. The number of carbonyl (C=O) groups excluding carboxylic acids is 2. The molecule has 0 radical (unpaired) electrons. The molecule has 0 spiro atoms. The summed E-state index contributed by atoms with van der Waals surface area (Å²) in [5.74, 6) is -0.210. The number of hydrogen-bond acceptors (Lipinski definition) is 2. The van der Waals surface area contributed by atoms with Crippen LogP contribution in [0.15, 0.2) is 46.9 Å². The van der Waals surface area contributed by atoms with E-state index in [9.17, 15) is 9.59 Å². The van der Waals surface area contributed by atoms with Crippen LogP contribution in [0.5, 0.6) is 0 Å². The zero-order valence-corrected chi connectivity index (χ0v) is 15.1. The lowest BCUT2D eigenvalue weighted by Crippen LogP contribution is -2.27. The number of hydrogen-bond donors (Lipinski definition) is 1. The number of likely N-dealkylation sites (tertiary alicyclic amines) is 1. The highest BCUT2D eigenvalue weighted by Gasteiger charge is 2.20. The average molecular weight is 387 g/mol. The Bertz CT molecular complexity index is 783. The van der Waals surface area contributed by atoms with E-state index in [4.69, 9.17) is 0 Å². The van der Waals surface area contributed by atoms with Gasteiger partial charge in [0.1, 0.15) is 0 Å². The van der Waals surface area contributed by atoms with Crippen molar-refractivity contribution in [1.82, 2.24) is 4.90 Å². The van der Waals surface area contributed by atoms with Crippen molar-refractivity contribution in [2.24, 2.45) is 0 Å². The lowest BCUT2D eigenvalue weighted by Gasteiger charge is -2.15. The van der Waals surface area contributed by atoms with Gasteiger partial charge in [0.15, 0.2) is 0 Å². The molecule has 0 unspecified atom stereocenters. The molecule has 1 heterocycles. The first kappa shape index (κ1) is 16.7. The number of anilines is 1. The molecule has 2 aromatic carbocycles. The van der Waals surface area contributed by atoms with Crippen LogP contribution >= 0.6 is 15.9 Å². The summed E-state index contributed by atoms with van der Waals surface area (Å²) in [6.45, 7) is 3.54. The van der Waals surface area contributed by atoms with Gasteiger partial charge in [-0.2, -0.15) is 0 Å². The van der Waals surface area contributed by atoms with Crippen molar-refractivity contribution in [2.45, 2.75) is 19.8 Å². The monoisotopic (exact) mass is 386 g/mol. The number of nitrogens with zero attached hydrogens (tertiary/aromatic N) is 1. The second-order valence-corrected chi connectivity index (χ2v) is 6.91. The number of rotatable bonds is 3. The fourth-order valence-corrected chi connectivity index (χ4v) is 3.33. The largest absolute Gasteiger partial charge is 0.339 e. The van der Waals surface area contributed by atoms with Crippen LogP contribution in [0.4, 0.5) is 5.69 Å². The molecule has 2 aromatic rings. The minimum absolute atomic E-state index is 0.00183. The Kier molecular flexibility index (Phi) is 5.00. The van der Waals surface area contributed by atoms with Crippen LogP contribution in [-0.2, 0) is 0 Å². The van der Waals surface area contributed by atoms with Gasteiger partial charge < -0.3 is 10.2 Å².